The topological polar surface area (TPSA) is 139 Å². The lowest BCUT2D eigenvalue weighted by Crippen LogP contribution is -2.61. The quantitative estimate of drug-likeness (QED) is 0.316. The van der Waals surface area contributed by atoms with Crippen LogP contribution in [0.4, 0.5) is 0 Å². The molecule has 8 nitrogen and oxygen atoms in total. The smallest absolute Gasteiger partial charge is 0.305 e. The molecule has 0 aromatic rings. The molecular weight excluding hydrogens is 546 g/mol. The Balaban J connectivity index is 0.000000868. The van der Waals surface area contributed by atoms with E-state index in [2.05, 4.69) is 34.6 Å². The van der Waals surface area contributed by atoms with Crippen LogP contribution in [0.2, 0.25) is 0 Å². The first-order valence-electron chi connectivity index (χ1n) is 16.9. The van der Waals surface area contributed by atoms with Gasteiger partial charge in [0.15, 0.2) is 6.10 Å². The van der Waals surface area contributed by atoms with Gasteiger partial charge in [-0.05, 0) is 116 Å². The van der Waals surface area contributed by atoms with E-state index in [9.17, 15) is 15.0 Å². The molecule has 13 atom stereocenters. The van der Waals surface area contributed by atoms with Crippen molar-refractivity contribution in [2.24, 2.45) is 56.5 Å². The molecule has 3 unspecified atom stereocenters. The first kappa shape index (κ1) is 33.2. The Labute approximate surface area is 258 Å². The van der Waals surface area contributed by atoms with E-state index in [1.54, 1.807) is 20.8 Å². The zero-order valence-corrected chi connectivity index (χ0v) is 28.1. The minimum Gasteiger partial charge on any atom is -0.481 e. The van der Waals surface area contributed by atoms with Gasteiger partial charge in [0.1, 0.15) is 0 Å². The molecule has 43 heavy (non-hydrogen) atoms. The number of aliphatic hydroxyl groups excluding tert-OH is 1. The van der Waals surface area contributed by atoms with Gasteiger partial charge >= 0.3 is 5.97 Å². The summed E-state index contributed by atoms with van der Waals surface area (Å²) < 4.78 is 12.8. The van der Waals surface area contributed by atoms with E-state index < -0.39 is 17.7 Å². The number of aliphatic carboxylic acids is 1. The minimum atomic E-state index is -1.20. The highest BCUT2D eigenvalue weighted by Gasteiger charge is 2.84. The van der Waals surface area contributed by atoms with E-state index in [0.717, 1.165) is 19.8 Å². The fraction of sp³-hybridized carbons (Fsp3) is 0.943. The largest absolute Gasteiger partial charge is 0.481 e. The van der Waals surface area contributed by atoms with Crippen molar-refractivity contribution in [2.45, 2.75) is 156 Å². The SMILES string of the molecule is CC(=O)O.CCC(=O)O[C@@H]([C@H]1C[C@@H](C)C2C(O1)C(N)[C@@]1(C)[C@@H]3CC[C@H]4C(C)(C)[C@@H](O)CC[C@@]45C[C@@]35CC[C@]21C)C(C)(C)O. The lowest BCUT2D eigenvalue weighted by Gasteiger charge is -2.63. The van der Waals surface area contributed by atoms with Gasteiger partial charge in [-0.3, -0.25) is 9.59 Å². The first-order valence-corrected chi connectivity index (χ1v) is 16.9. The Kier molecular flexibility index (Phi) is 8.02. The van der Waals surface area contributed by atoms with Gasteiger partial charge in [0.25, 0.3) is 5.97 Å². The second-order valence-electron chi connectivity index (χ2n) is 17.1. The van der Waals surface area contributed by atoms with Crippen LogP contribution in [0.25, 0.3) is 0 Å². The van der Waals surface area contributed by atoms with Gasteiger partial charge in [-0.1, -0.05) is 41.5 Å². The highest BCUT2D eigenvalue weighted by atomic mass is 16.6. The lowest BCUT2D eigenvalue weighted by atomic mass is 9.41. The molecule has 0 radical (unpaired) electrons. The van der Waals surface area contributed by atoms with Crippen LogP contribution in [0.1, 0.15) is 120 Å². The molecule has 8 heteroatoms. The van der Waals surface area contributed by atoms with E-state index in [4.69, 9.17) is 25.1 Å². The molecule has 5 aliphatic carbocycles. The third-order valence-corrected chi connectivity index (χ3v) is 14.5. The summed E-state index contributed by atoms with van der Waals surface area (Å²) in [6, 6.07) is -0.0966. The Morgan fingerprint density at radius 1 is 1.05 bits per heavy atom. The van der Waals surface area contributed by atoms with Crippen molar-refractivity contribution < 1.29 is 34.4 Å². The Hall–Kier alpha value is -1.22. The number of esters is 1. The van der Waals surface area contributed by atoms with Crippen molar-refractivity contribution in [1.82, 2.24) is 0 Å². The number of aliphatic hydroxyl groups is 2. The number of nitrogens with two attached hydrogens (primary N) is 1. The highest BCUT2D eigenvalue weighted by Crippen LogP contribution is 2.89. The summed E-state index contributed by atoms with van der Waals surface area (Å²) in [5.74, 6) is 0.746. The number of hydrogen-bond donors (Lipinski definition) is 4. The van der Waals surface area contributed by atoms with Crippen molar-refractivity contribution >= 4 is 11.9 Å². The standard InChI is InChI=1S/C33H55NO5.C2H4O2/c1-9-23(36)39-27(29(5,6)37)19-16-18(2)24-25(38-19)26(34)31(8)21-11-10-20-28(3,4)22(35)12-13-32(20)17-33(21,32)15-14-30(24,31)7;1-2(3)4/h18-22,24-27,35,37H,9-17,34H2,1-8H3;1H3,(H,3,4)/t18-,19-,20+,21+,22+,24?,25?,26?,27+,30-,31-,32-,33+;/m1./s1. The highest BCUT2D eigenvalue weighted by molar-refractivity contribution is 5.69. The molecule has 6 rings (SSSR count). The normalized spacial score (nSPS) is 49.9. The van der Waals surface area contributed by atoms with Gasteiger partial charge < -0.3 is 30.5 Å². The molecule has 5 N–H and O–H groups in total. The lowest BCUT2D eigenvalue weighted by molar-refractivity contribution is -0.211. The van der Waals surface area contributed by atoms with Gasteiger partial charge in [0, 0.05) is 19.4 Å². The van der Waals surface area contributed by atoms with Crippen LogP contribution < -0.4 is 5.73 Å². The molecule has 6 fully saturated rings. The molecule has 6 aliphatic rings. The molecule has 0 amide bonds. The summed E-state index contributed by atoms with van der Waals surface area (Å²) in [7, 11) is 0. The molecule has 1 saturated heterocycles. The minimum absolute atomic E-state index is 0.0208. The van der Waals surface area contributed by atoms with Gasteiger partial charge in [-0.2, -0.15) is 0 Å². The third-order valence-electron chi connectivity index (χ3n) is 14.5. The van der Waals surface area contributed by atoms with Gasteiger partial charge in [-0.15, -0.1) is 0 Å². The number of carbonyl (C=O) groups excluding carboxylic acids is 1. The monoisotopic (exact) mass is 605 g/mol. The zero-order valence-electron chi connectivity index (χ0n) is 28.1. The van der Waals surface area contributed by atoms with Crippen LogP contribution in [0.15, 0.2) is 0 Å². The summed E-state index contributed by atoms with van der Waals surface area (Å²) in [5.41, 5.74) is 6.95. The van der Waals surface area contributed by atoms with E-state index in [1.165, 1.54) is 38.5 Å². The number of ether oxygens (including phenoxy) is 2. The molecule has 5 saturated carbocycles. The van der Waals surface area contributed by atoms with Crippen LogP contribution in [-0.2, 0) is 19.1 Å². The van der Waals surface area contributed by atoms with Crippen molar-refractivity contribution in [3.63, 3.8) is 0 Å². The van der Waals surface area contributed by atoms with Crippen LogP contribution in [0, 0.1) is 50.7 Å². The summed E-state index contributed by atoms with van der Waals surface area (Å²) >= 11 is 0. The van der Waals surface area contributed by atoms with Gasteiger partial charge in [-0.25, -0.2) is 0 Å². The Morgan fingerprint density at radius 3 is 2.21 bits per heavy atom. The number of fused-ring (bicyclic) bond motifs is 4. The average molecular weight is 606 g/mol. The van der Waals surface area contributed by atoms with Crippen molar-refractivity contribution in [2.75, 3.05) is 0 Å². The fourth-order valence-electron chi connectivity index (χ4n) is 12.5. The maximum Gasteiger partial charge on any atom is 0.305 e. The molecule has 0 aromatic heterocycles. The first-order chi connectivity index (χ1) is 19.7. The van der Waals surface area contributed by atoms with Crippen LogP contribution in [-0.4, -0.2) is 63.3 Å². The van der Waals surface area contributed by atoms with E-state index in [0.29, 0.717) is 34.5 Å². The number of rotatable bonds is 4. The molecule has 1 aliphatic heterocycles. The third kappa shape index (κ3) is 4.50. The summed E-state index contributed by atoms with van der Waals surface area (Å²) in [6.45, 7) is 18.3. The van der Waals surface area contributed by atoms with Gasteiger partial charge in [0.2, 0.25) is 0 Å². The second-order valence-corrected chi connectivity index (χ2v) is 17.1. The average Bonchev–Trinajstić information content (AvgIpc) is 3.53. The molecule has 1 heterocycles. The van der Waals surface area contributed by atoms with E-state index in [-0.39, 0.29) is 53.0 Å². The van der Waals surface area contributed by atoms with Crippen molar-refractivity contribution in [3.05, 3.63) is 0 Å². The number of hydrogen-bond acceptors (Lipinski definition) is 7. The second kappa shape index (κ2) is 10.4. The van der Waals surface area contributed by atoms with Gasteiger partial charge in [0.05, 0.1) is 23.9 Å². The fourth-order valence-corrected chi connectivity index (χ4v) is 12.5. The van der Waals surface area contributed by atoms with Crippen molar-refractivity contribution in [1.29, 1.82) is 0 Å². The molecule has 246 valence electrons. The van der Waals surface area contributed by atoms with E-state index in [1.807, 2.05) is 0 Å². The number of carbonyl (C=O) groups is 2. The van der Waals surface area contributed by atoms with Crippen LogP contribution in [0.5, 0.6) is 0 Å². The number of carboxylic acid groups (broad SMARTS) is 1. The van der Waals surface area contributed by atoms with Crippen molar-refractivity contribution in [3.8, 4) is 0 Å². The Bertz CT molecular complexity index is 1110. The van der Waals surface area contributed by atoms with E-state index >= 15 is 0 Å². The molecular formula is C35H59NO7. The molecule has 0 aromatic carbocycles. The van der Waals surface area contributed by atoms with Crippen LogP contribution >= 0.6 is 0 Å². The zero-order chi connectivity index (χ0) is 32.1. The summed E-state index contributed by atoms with van der Waals surface area (Å²) in [5, 5.41) is 29.4. The number of carboxylic acids is 1. The summed E-state index contributed by atoms with van der Waals surface area (Å²) in [4.78, 5) is 21.3. The molecule has 0 bridgehead atoms. The molecule has 2 spiro atoms. The Morgan fingerprint density at radius 2 is 1.63 bits per heavy atom. The predicted molar refractivity (Wildman–Crippen MR) is 164 cm³/mol. The maximum atomic E-state index is 12.3. The predicted octanol–water partition coefficient (Wildman–Crippen LogP) is 5.31. The van der Waals surface area contributed by atoms with Crippen LogP contribution in [0.3, 0.4) is 0 Å². The maximum absolute atomic E-state index is 12.3. The summed E-state index contributed by atoms with van der Waals surface area (Å²) in [6.07, 6.45) is 7.91.